The van der Waals surface area contributed by atoms with Gasteiger partial charge in [0.05, 0.1) is 12.8 Å². The van der Waals surface area contributed by atoms with E-state index in [4.69, 9.17) is 4.74 Å². The number of hydrogen-bond donors (Lipinski definition) is 1. The van der Waals surface area contributed by atoms with Crippen molar-refractivity contribution in [1.82, 2.24) is 4.98 Å². The van der Waals surface area contributed by atoms with Crippen LogP contribution in [-0.2, 0) is 5.60 Å². The van der Waals surface area contributed by atoms with Crippen molar-refractivity contribution in [3.63, 3.8) is 0 Å². The highest BCUT2D eigenvalue weighted by Crippen LogP contribution is 2.33. The van der Waals surface area contributed by atoms with Crippen LogP contribution >= 0.6 is 11.3 Å². The monoisotopic (exact) mass is 267 g/mol. The minimum Gasteiger partial charge on any atom is -0.496 e. The molecule has 0 radical (unpaired) electrons. The van der Waals surface area contributed by atoms with E-state index in [1.54, 1.807) is 25.3 Å². The van der Waals surface area contributed by atoms with Crippen LogP contribution in [0.4, 0.5) is 4.39 Å². The molecule has 1 N–H and O–H groups in total. The number of aromatic nitrogens is 1. The maximum absolute atomic E-state index is 13.3. The van der Waals surface area contributed by atoms with Gasteiger partial charge in [-0.1, -0.05) is 0 Å². The Morgan fingerprint density at radius 2 is 2.11 bits per heavy atom. The molecule has 0 atom stereocenters. The Bertz CT molecular complexity index is 560. The first kappa shape index (κ1) is 13.0. The molecule has 0 saturated carbocycles. The van der Waals surface area contributed by atoms with Crippen molar-refractivity contribution in [2.45, 2.75) is 19.4 Å². The highest BCUT2D eigenvalue weighted by Gasteiger charge is 2.21. The largest absolute Gasteiger partial charge is 0.496 e. The van der Waals surface area contributed by atoms with Gasteiger partial charge in [-0.3, -0.25) is 0 Å². The maximum Gasteiger partial charge on any atom is 0.128 e. The standard InChI is InChI=1S/C13H14FNO2S/c1-13(2,16)12-15-10(7-18-12)9-6-8(14)4-5-11(9)17-3/h4-7,16H,1-3H3. The Kier molecular flexibility index (Phi) is 3.36. The first-order valence-electron chi connectivity index (χ1n) is 5.44. The number of aliphatic hydroxyl groups is 1. The van der Waals surface area contributed by atoms with Crippen molar-refractivity contribution < 1.29 is 14.2 Å². The van der Waals surface area contributed by atoms with Gasteiger partial charge in [0.25, 0.3) is 0 Å². The first-order chi connectivity index (χ1) is 8.41. The van der Waals surface area contributed by atoms with Gasteiger partial charge in [0.1, 0.15) is 22.2 Å². The molecule has 1 aromatic heterocycles. The summed E-state index contributed by atoms with van der Waals surface area (Å²) in [6, 6.07) is 4.28. The van der Waals surface area contributed by atoms with E-state index >= 15 is 0 Å². The fourth-order valence-electron chi connectivity index (χ4n) is 1.56. The molecule has 5 heteroatoms. The average molecular weight is 267 g/mol. The van der Waals surface area contributed by atoms with Gasteiger partial charge in [0.15, 0.2) is 0 Å². The number of halogens is 1. The summed E-state index contributed by atoms with van der Waals surface area (Å²) in [5, 5.41) is 12.2. The zero-order valence-electron chi connectivity index (χ0n) is 10.4. The normalized spacial score (nSPS) is 11.6. The van der Waals surface area contributed by atoms with E-state index in [0.717, 1.165) is 0 Å². The fraction of sp³-hybridized carbons (Fsp3) is 0.308. The fourth-order valence-corrected chi connectivity index (χ4v) is 2.40. The lowest BCUT2D eigenvalue weighted by Gasteiger charge is -2.12. The predicted molar refractivity (Wildman–Crippen MR) is 69.3 cm³/mol. The Morgan fingerprint density at radius 1 is 1.39 bits per heavy atom. The summed E-state index contributed by atoms with van der Waals surface area (Å²) >= 11 is 1.34. The third kappa shape index (κ3) is 2.52. The minimum atomic E-state index is -0.997. The van der Waals surface area contributed by atoms with Crippen molar-refractivity contribution in [3.05, 3.63) is 34.4 Å². The Hall–Kier alpha value is -1.46. The second-order valence-corrected chi connectivity index (χ2v) is 5.30. The van der Waals surface area contributed by atoms with Crippen LogP contribution in [0, 0.1) is 5.82 Å². The number of ether oxygens (including phenoxy) is 1. The highest BCUT2D eigenvalue weighted by atomic mass is 32.1. The van der Waals surface area contributed by atoms with Gasteiger partial charge in [0, 0.05) is 10.9 Å². The van der Waals surface area contributed by atoms with Gasteiger partial charge >= 0.3 is 0 Å². The summed E-state index contributed by atoms with van der Waals surface area (Å²) in [6.07, 6.45) is 0. The topological polar surface area (TPSA) is 42.4 Å². The van der Waals surface area contributed by atoms with Crippen LogP contribution in [0.1, 0.15) is 18.9 Å². The molecule has 1 aromatic carbocycles. The summed E-state index contributed by atoms with van der Waals surface area (Å²) < 4.78 is 18.5. The number of hydrogen-bond acceptors (Lipinski definition) is 4. The van der Waals surface area contributed by atoms with Crippen LogP contribution in [0.25, 0.3) is 11.3 Å². The van der Waals surface area contributed by atoms with Crippen molar-refractivity contribution in [1.29, 1.82) is 0 Å². The molecule has 0 aliphatic heterocycles. The molecule has 96 valence electrons. The number of benzene rings is 1. The van der Waals surface area contributed by atoms with Gasteiger partial charge in [-0.15, -0.1) is 11.3 Å². The molecule has 2 rings (SSSR count). The average Bonchev–Trinajstić information content (AvgIpc) is 2.77. The van der Waals surface area contributed by atoms with E-state index in [-0.39, 0.29) is 5.82 Å². The van der Waals surface area contributed by atoms with Crippen molar-refractivity contribution in [2.75, 3.05) is 7.11 Å². The Morgan fingerprint density at radius 3 is 2.67 bits per heavy atom. The van der Waals surface area contributed by atoms with E-state index in [9.17, 15) is 9.50 Å². The van der Waals surface area contributed by atoms with Crippen molar-refractivity contribution in [3.8, 4) is 17.0 Å². The first-order valence-corrected chi connectivity index (χ1v) is 6.32. The molecule has 0 bridgehead atoms. The molecule has 0 aliphatic rings. The van der Waals surface area contributed by atoms with E-state index in [1.165, 1.54) is 30.6 Å². The molecular formula is C13H14FNO2S. The molecule has 0 amide bonds. The summed E-state index contributed by atoms with van der Waals surface area (Å²) in [5.74, 6) is 0.215. The minimum absolute atomic E-state index is 0.344. The summed E-state index contributed by atoms with van der Waals surface area (Å²) in [5.41, 5.74) is 0.196. The molecule has 1 heterocycles. The van der Waals surface area contributed by atoms with Gasteiger partial charge < -0.3 is 9.84 Å². The number of rotatable bonds is 3. The molecule has 18 heavy (non-hydrogen) atoms. The van der Waals surface area contributed by atoms with Crippen LogP contribution in [0.2, 0.25) is 0 Å². The number of thiazole rings is 1. The summed E-state index contributed by atoms with van der Waals surface area (Å²) in [7, 11) is 1.53. The van der Waals surface area contributed by atoms with E-state index in [0.29, 0.717) is 22.0 Å². The molecule has 0 fully saturated rings. The van der Waals surface area contributed by atoms with Crippen molar-refractivity contribution in [2.24, 2.45) is 0 Å². The molecule has 0 spiro atoms. The third-order valence-corrected chi connectivity index (χ3v) is 3.62. The lowest BCUT2D eigenvalue weighted by Crippen LogP contribution is -2.14. The third-order valence-electron chi connectivity index (χ3n) is 2.47. The molecule has 2 aromatic rings. The van der Waals surface area contributed by atoms with Gasteiger partial charge in [0.2, 0.25) is 0 Å². The molecule has 3 nitrogen and oxygen atoms in total. The molecule has 0 aliphatic carbocycles. The van der Waals surface area contributed by atoms with Crippen molar-refractivity contribution >= 4 is 11.3 Å². The number of nitrogens with zero attached hydrogens (tertiary/aromatic N) is 1. The zero-order chi connectivity index (χ0) is 13.3. The Labute approximate surface area is 109 Å². The summed E-state index contributed by atoms with van der Waals surface area (Å²) in [6.45, 7) is 3.33. The summed E-state index contributed by atoms with van der Waals surface area (Å²) in [4.78, 5) is 4.32. The quantitative estimate of drug-likeness (QED) is 0.928. The Balaban J connectivity index is 2.49. The second-order valence-electron chi connectivity index (χ2n) is 4.44. The second kappa shape index (κ2) is 4.66. The van der Waals surface area contributed by atoms with E-state index in [2.05, 4.69) is 4.98 Å². The zero-order valence-corrected chi connectivity index (χ0v) is 11.2. The van der Waals surface area contributed by atoms with E-state index < -0.39 is 5.60 Å². The van der Waals surface area contributed by atoms with Crippen LogP contribution in [-0.4, -0.2) is 17.2 Å². The SMILES string of the molecule is COc1ccc(F)cc1-c1csc(C(C)(C)O)n1. The lowest BCUT2D eigenvalue weighted by atomic mass is 10.1. The number of methoxy groups -OCH3 is 1. The van der Waals surface area contributed by atoms with Crippen LogP contribution in [0.15, 0.2) is 23.6 Å². The maximum atomic E-state index is 13.3. The van der Waals surface area contributed by atoms with Gasteiger partial charge in [-0.25, -0.2) is 9.37 Å². The lowest BCUT2D eigenvalue weighted by molar-refractivity contribution is 0.0783. The van der Waals surface area contributed by atoms with Gasteiger partial charge in [-0.05, 0) is 32.0 Å². The van der Waals surface area contributed by atoms with E-state index in [1.807, 2.05) is 0 Å². The van der Waals surface area contributed by atoms with Crippen LogP contribution in [0.5, 0.6) is 5.75 Å². The molecular weight excluding hydrogens is 253 g/mol. The molecule has 0 saturated heterocycles. The van der Waals surface area contributed by atoms with Gasteiger partial charge in [-0.2, -0.15) is 0 Å². The smallest absolute Gasteiger partial charge is 0.128 e. The molecule has 0 unspecified atom stereocenters. The highest BCUT2D eigenvalue weighted by molar-refractivity contribution is 7.10. The van der Waals surface area contributed by atoms with Crippen LogP contribution in [0.3, 0.4) is 0 Å². The predicted octanol–water partition coefficient (Wildman–Crippen LogP) is 3.19. The van der Waals surface area contributed by atoms with Crippen LogP contribution < -0.4 is 4.74 Å².